The second-order valence-electron chi connectivity index (χ2n) is 7.95. The first-order chi connectivity index (χ1) is 15.7. The van der Waals surface area contributed by atoms with E-state index in [2.05, 4.69) is 102 Å². The van der Waals surface area contributed by atoms with Crippen molar-refractivity contribution in [3.63, 3.8) is 0 Å². The number of nitrogens with zero attached hydrogens (tertiary/aromatic N) is 3. The van der Waals surface area contributed by atoms with Gasteiger partial charge >= 0.3 is 0 Å². The van der Waals surface area contributed by atoms with Gasteiger partial charge in [-0.2, -0.15) is 0 Å². The van der Waals surface area contributed by atoms with Crippen LogP contribution in [0.25, 0.3) is 44.1 Å². The van der Waals surface area contributed by atoms with Crippen LogP contribution in [0.2, 0.25) is 0 Å². The van der Waals surface area contributed by atoms with Crippen LogP contribution >= 0.6 is 22.6 Å². The summed E-state index contributed by atoms with van der Waals surface area (Å²) in [6, 6.07) is 21.3. The van der Waals surface area contributed by atoms with Crippen LogP contribution in [-0.4, -0.2) is 29.0 Å². The number of alkyl halides is 1. The van der Waals surface area contributed by atoms with Gasteiger partial charge in [-0.1, -0.05) is 46.9 Å². The van der Waals surface area contributed by atoms with Gasteiger partial charge in [0.1, 0.15) is 11.2 Å². The van der Waals surface area contributed by atoms with Crippen LogP contribution in [0, 0.1) is 0 Å². The fourth-order valence-electron chi connectivity index (χ4n) is 4.34. The third kappa shape index (κ3) is 3.83. The topological polar surface area (TPSA) is 41.6 Å². The van der Waals surface area contributed by atoms with Gasteiger partial charge in [0.15, 0.2) is 11.3 Å². The van der Waals surface area contributed by atoms with E-state index in [1.165, 1.54) is 10.8 Å². The Morgan fingerprint density at radius 1 is 0.938 bits per heavy atom. The zero-order chi connectivity index (χ0) is 22.1. The molecule has 0 amide bonds. The molecule has 1 heterocycles. The fourth-order valence-corrected chi connectivity index (χ4v) is 4.68. The third-order valence-electron chi connectivity index (χ3n) is 6.02. The first-order valence-corrected chi connectivity index (χ1v) is 12.8. The second kappa shape index (κ2) is 9.06. The second-order valence-corrected chi connectivity index (χ2v) is 9.03. The highest BCUT2D eigenvalue weighted by Gasteiger charge is 2.16. The van der Waals surface area contributed by atoms with Crippen LogP contribution in [0.1, 0.15) is 20.3 Å². The highest BCUT2D eigenvalue weighted by atomic mass is 127. The van der Waals surface area contributed by atoms with E-state index in [0.29, 0.717) is 0 Å². The van der Waals surface area contributed by atoms with Crippen molar-refractivity contribution >= 4 is 60.9 Å². The number of halogens is 1. The summed E-state index contributed by atoms with van der Waals surface area (Å²) in [7, 11) is 0. The van der Waals surface area contributed by atoms with Crippen molar-refractivity contribution in [1.29, 1.82) is 0 Å². The van der Waals surface area contributed by atoms with E-state index >= 15 is 0 Å². The lowest BCUT2D eigenvalue weighted by Crippen LogP contribution is -2.21. The summed E-state index contributed by atoms with van der Waals surface area (Å²) in [5.41, 5.74) is 3.73. The smallest absolute Gasteiger partial charge is 0.155 e. The Labute approximate surface area is 201 Å². The molecule has 2 aliphatic rings. The first-order valence-electron chi connectivity index (χ1n) is 11.2. The van der Waals surface area contributed by atoms with Gasteiger partial charge in [-0.3, -0.25) is 4.99 Å². The molecule has 0 saturated carbocycles. The Hall–Kier alpha value is -2.67. The molecule has 0 spiro atoms. The molecule has 0 unspecified atom stereocenters. The number of hydrogen-bond acceptors (Lipinski definition) is 4. The molecule has 162 valence electrons. The van der Waals surface area contributed by atoms with Crippen LogP contribution < -0.4 is 10.3 Å². The SMILES string of the molecule is CCN(CC)c1ccc2nc3c4cc5ccccc5cc4c(=NCCCI)cc-3oc2c1. The van der Waals surface area contributed by atoms with Gasteiger partial charge in [-0.25, -0.2) is 4.98 Å². The van der Waals surface area contributed by atoms with Crippen molar-refractivity contribution in [2.45, 2.75) is 20.3 Å². The lowest BCUT2D eigenvalue weighted by Gasteiger charge is -2.21. The number of aromatic nitrogens is 1. The molecular formula is C27H26IN3O. The predicted octanol–water partition coefficient (Wildman–Crippen LogP) is 6.81. The first kappa shape index (κ1) is 21.2. The molecule has 1 aliphatic carbocycles. The Morgan fingerprint density at radius 3 is 2.41 bits per heavy atom. The number of anilines is 1. The molecular weight excluding hydrogens is 509 g/mol. The number of fused-ring (bicyclic) bond motifs is 5. The largest absolute Gasteiger partial charge is 0.453 e. The summed E-state index contributed by atoms with van der Waals surface area (Å²) in [5.74, 6) is 0.783. The molecule has 1 aliphatic heterocycles. The zero-order valence-corrected chi connectivity index (χ0v) is 20.6. The van der Waals surface area contributed by atoms with Crippen LogP contribution in [0.15, 0.2) is 70.1 Å². The summed E-state index contributed by atoms with van der Waals surface area (Å²) < 4.78 is 7.54. The van der Waals surface area contributed by atoms with Crippen LogP contribution in [0.5, 0.6) is 0 Å². The molecule has 0 bridgehead atoms. The van der Waals surface area contributed by atoms with Gasteiger partial charge in [0.2, 0.25) is 0 Å². The van der Waals surface area contributed by atoms with Crippen molar-refractivity contribution in [1.82, 2.24) is 4.98 Å². The van der Waals surface area contributed by atoms with E-state index in [1.807, 2.05) is 0 Å². The van der Waals surface area contributed by atoms with E-state index in [4.69, 9.17) is 14.4 Å². The maximum atomic E-state index is 6.44. The number of benzene rings is 4. The third-order valence-corrected chi connectivity index (χ3v) is 6.78. The minimum atomic E-state index is 0.783. The molecule has 5 heteroatoms. The molecule has 3 aromatic carbocycles. The number of hydrogen-bond donors (Lipinski definition) is 0. The Bertz CT molecular complexity index is 1450. The predicted molar refractivity (Wildman–Crippen MR) is 143 cm³/mol. The summed E-state index contributed by atoms with van der Waals surface area (Å²) in [6.45, 7) is 7.07. The maximum Gasteiger partial charge on any atom is 0.155 e. The average molecular weight is 535 g/mol. The lowest BCUT2D eigenvalue weighted by molar-refractivity contribution is 0.613. The summed E-state index contributed by atoms with van der Waals surface area (Å²) in [5, 5.41) is 5.61. The molecule has 0 atom stereocenters. The van der Waals surface area contributed by atoms with Gasteiger partial charge in [-0.15, -0.1) is 0 Å². The van der Waals surface area contributed by atoms with Crippen LogP contribution in [-0.2, 0) is 0 Å². The molecule has 5 rings (SSSR count). The van der Waals surface area contributed by atoms with E-state index in [0.717, 1.165) is 74.9 Å². The molecule has 0 N–H and O–H groups in total. The normalized spacial score (nSPS) is 12.4. The summed E-state index contributed by atoms with van der Waals surface area (Å²) >= 11 is 2.41. The van der Waals surface area contributed by atoms with Crippen LogP contribution in [0.3, 0.4) is 0 Å². The molecule has 3 aromatic rings. The molecule has 4 nitrogen and oxygen atoms in total. The zero-order valence-electron chi connectivity index (χ0n) is 18.4. The Kier molecular flexibility index (Phi) is 6.00. The molecule has 0 saturated heterocycles. The van der Waals surface area contributed by atoms with Crippen molar-refractivity contribution in [3.8, 4) is 11.5 Å². The highest BCUT2D eigenvalue weighted by Crippen LogP contribution is 2.33. The maximum absolute atomic E-state index is 6.44. The molecule has 32 heavy (non-hydrogen) atoms. The van der Waals surface area contributed by atoms with Gasteiger partial charge in [0, 0.05) is 52.7 Å². The van der Waals surface area contributed by atoms with Gasteiger partial charge in [0.25, 0.3) is 0 Å². The van der Waals surface area contributed by atoms with Gasteiger partial charge in [0.05, 0.1) is 5.36 Å². The standard InChI is InChI=1S/C27H26IN3O/c1-3-31(4-2)20-10-11-23-25(16-20)32-26-17-24(29-13-7-12-28)21-14-18-8-5-6-9-19(18)15-22(21)27(26)30-23/h5-6,8-11,14-17H,3-4,7,12-13H2,1-2H3. The van der Waals surface area contributed by atoms with Crippen molar-refractivity contribution in [2.24, 2.45) is 4.99 Å². The number of rotatable bonds is 6. The minimum absolute atomic E-state index is 0.783. The van der Waals surface area contributed by atoms with E-state index in [-0.39, 0.29) is 0 Å². The Balaban J connectivity index is 1.82. The van der Waals surface area contributed by atoms with E-state index in [9.17, 15) is 0 Å². The van der Waals surface area contributed by atoms with Crippen molar-refractivity contribution < 1.29 is 4.42 Å². The van der Waals surface area contributed by atoms with E-state index < -0.39 is 0 Å². The monoisotopic (exact) mass is 535 g/mol. The summed E-state index contributed by atoms with van der Waals surface area (Å²) in [6.07, 6.45) is 1.06. The molecule has 0 radical (unpaired) electrons. The fraction of sp³-hybridized carbons (Fsp3) is 0.259. The highest BCUT2D eigenvalue weighted by molar-refractivity contribution is 14.1. The van der Waals surface area contributed by atoms with Gasteiger partial charge < -0.3 is 9.32 Å². The van der Waals surface area contributed by atoms with Gasteiger partial charge in [-0.05, 0) is 55.3 Å². The molecule has 0 aromatic heterocycles. The van der Waals surface area contributed by atoms with E-state index in [1.54, 1.807) is 0 Å². The van der Waals surface area contributed by atoms with Crippen molar-refractivity contribution in [3.05, 3.63) is 66.0 Å². The minimum Gasteiger partial charge on any atom is -0.453 e. The van der Waals surface area contributed by atoms with Crippen LogP contribution in [0.4, 0.5) is 5.69 Å². The van der Waals surface area contributed by atoms with Crippen molar-refractivity contribution in [2.75, 3.05) is 29.0 Å². The quantitative estimate of drug-likeness (QED) is 0.0789. The lowest BCUT2D eigenvalue weighted by atomic mass is 9.99. The Morgan fingerprint density at radius 2 is 1.69 bits per heavy atom. The molecule has 0 fully saturated rings. The summed E-state index contributed by atoms with van der Waals surface area (Å²) in [4.78, 5) is 12.3. The average Bonchev–Trinajstić information content (AvgIpc) is 2.83.